The number of hydrogen-bond donors (Lipinski definition) is 2. The number of benzene rings is 1. The zero-order valence-corrected chi connectivity index (χ0v) is 11.1. The van der Waals surface area contributed by atoms with Crippen LogP contribution in [-0.2, 0) is 21.2 Å². The van der Waals surface area contributed by atoms with Crippen LogP contribution in [0.4, 0.5) is 10.5 Å². The molecular weight excluding hydrogens is 256 g/mol. The molecule has 1 aromatic carbocycles. The Morgan fingerprint density at radius 3 is 2.56 bits per heavy atom. The Hall–Kier alpha value is -1.60. The Morgan fingerprint density at radius 1 is 1.39 bits per heavy atom. The lowest BCUT2D eigenvalue weighted by Crippen LogP contribution is -2.16. The molecule has 6 nitrogen and oxygen atoms in total. The van der Waals surface area contributed by atoms with Crippen LogP contribution in [-0.4, -0.2) is 21.1 Å². The minimum atomic E-state index is -3.73. The van der Waals surface area contributed by atoms with Crippen LogP contribution in [0.2, 0.25) is 0 Å². The second-order valence-corrected chi connectivity index (χ2v) is 5.12. The molecule has 3 N–H and O–H groups in total. The SMILES string of the molecule is CCOC(=O)Nc1ccc(S(N)(=O)=O)cc1CC. The first-order chi connectivity index (χ1) is 8.38. The van der Waals surface area contributed by atoms with Gasteiger partial charge in [0.25, 0.3) is 0 Å². The van der Waals surface area contributed by atoms with Gasteiger partial charge in [0.05, 0.1) is 11.5 Å². The van der Waals surface area contributed by atoms with E-state index in [1.54, 1.807) is 6.92 Å². The van der Waals surface area contributed by atoms with E-state index >= 15 is 0 Å². The van der Waals surface area contributed by atoms with E-state index in [2.05, 4.69) is 5.32 Å². The molecule has 1 amide bonds. The van der Waals surface area contributed by atoms with E-state index in [0.29, 0.717) is 17.7 Å². The van der Waals surface area contributed by atoms with E-state index in [-0.39, 0.29) is 11.5 Å². The predicted octanol–water partition coefficient (Wildman–Crippen LogP) is 1.46. The lowest BCUT2D eigenvalue weighted by atomic mass is 10.1. The average molecular weight is 272 g/mol. The van der Waals surface area contributed by atoms with Crippen molar-refractivity contribution in [2.75, 3.05) is 11.9 Å². The standard InChI is InChI=1S/C11H16N2O4S/c1-3-8-7-9(18(12,15)16)5-6-10(8)13-11(14)17-4-2/h5-7H,3-4H2,1-2H3,(H,13,14)(H2,12,15,16). The van der Waals surface area contributed by atoms with Gasteiger partial charge in [-0.15, -0.1) is 0 Å². The van der Waals surface area contributed by atoms with Gasteiger partial charge in [0.2, 0.25) is 10.0 Å². The van der Waals surface area contributed by atoms with Crippen molar-refractivity contribution in [3.8, 4) is 0 Å². The van der Waals surface area contributed by atoms with Gasteiger partial charge in [-0.3, -0.25) is 5.32 Å². The van der Waals surface area contributed by atoms with E-state index in [9.17, 15) is 13.2 Å². The molecular formula is C11H16N2O4S. The maximum absolute atomic E-state index is 11.3. The molecule has 0 unspecified atom stereocenters. The smallest absolute Gasteiger partial charge is 0.411 e. The third-order valence-electron chi connectivity index (χ3n) is 2.30. The van der Waals surface area contributed by atoms with E-state index < -0.39 is 16.1 Å². The summed E-state index contributed by atoms with van der Waals surface area (Å²) >= 11 is 0. The Labute approximate surface area is 106 Å². The molecule has 0 fully saturated rings. The number of aryl methyl sites for hydroxylation is 1. The highest BCUT2D eigenvalue weighted by Gasteiger charge is 2.12. The van der Waals surface area contributed by atoms with Gasteiger partial charge in [-0.05, 0) is 37.1 Å². The van der Waals surface area contributed by atoms with Crippen LogP contribution >= 0.6 is 0 Å². The molecule has 100 valence electrons. The summed E-state index contributed by atoms with van der Waals surface area (Å²) in [5.74, 6) is 0. The highest BCUT2D eigenvalue weighted by atomic mass is 32.2. The summed E-state index contributed by atoms with van der Waals surface area (Å²) in [7, 11) is -3.73. The fourth-order valence-electron chi connectivity index (χ4n) is 1.44. The van der Waals surface area contributed by atoms with E-state index in [1.807, 2.05) is 6.92 Å². The molecule has 0 atom stereocenters. The van der Waals surface area contributed by atoms with Crippen LogP contribution in [0.3, 0.4) is 0 Å². The Bertz CT molecular complexity index is 540. The number of ether oxygens (including phenoxy) is 1. The van der Waals surface area contributed by atoms with Crippen molar-refractivity contribution < 1.29 is 17.9 Å². The minimum absolute atomic E-state index is 0.0220. The predicted molar refractivity (Wildman–Crippen MR) is 67.8 cm³/mol. The zero-order valence-electron chi connectivity index (χ0n) is 10.3. The van der Waals surface area contributed by atoms with Crippen molar-refractivity contribution in [3.05, 3.63) is 23.8 Å². The zero-order chi connectivity index (χ0) is 13.8. The lowest BCUT2D eigenvalue weighted by molar-refractivity contribution is 0.168. The van der Waals surface area contributed by atoms with Crippen molar-refractivity contribution in [2.24, 2.45) is 5.14 Å². The maximum Gasteiger partial charge on any atom is 0.411 e. The van der Waals surface area contributed by atoms with Crippen molar-refractivity contribution in [2.45, 2.75) is 25.2 Å². The average Bonchev–Trinajstić information content (AvgIpc) is 2.28. The van der Waals surface area contributed by atoms with E-state index in [1.165, 1.54) is 18.2 Å². The summed E-state index contributed by atoms with van der Waals surface area (Å²) in [6, 6.07) is 4.28. The second-order valence-electron chi connectivity index (χ2n) is 3.56. The third kappa shape index (κ3) is 3.71. The van der Waals surface area contributed by atoms with Gasteiger partial charge in [-0.25, -0.2) is 18.4 Å². The molecule has 0 saturated heterocycles. The number of amides is 1. The van der Waals surface area contributed by atoms with Crippen LogP contribution in [0.5, 0.6) is 0 Å². The molecule has 7 heteroatoms. The van der Waals surface area contributed by atoms with Gasteiger partial charge in [0.1, 0.15) is 0 Å². The lowest BCUT2D eigenvalue weighted by Gasteiger charge is -2.11. The highest BCUT2D eigenvalue weighted by molar-refractivity contribution is 7.89. The van der Waals surface area contributed by atoms with Crippen molar-refractivity contribution >= 4 is 21.8 Å². The number of carbonyl (C=O) groups is 1. The van der Waals surface area contributed by atoms with Crippen LogP contribution < -0.4 is 10.5 Å². The summed E-state index contributed by atoms with van der Waals surface area (Å²) < 4.78 is 27.2. The Kier molecular flexibility index (Phi) is 4.69. The summed E-state index contributed by atoms with van der Waals surface area (Å²) in [5.41, 5.74) is 1.19. The van der Waals surface area contributed by atoms with E-state index in [0.717, 1.165) is 0 Å². The van der Waals surface area contributed by atoms with Crippen LogP contribution in [0, 0.1) is 0 Å². The normalized spacial score (nSPS) is 11.1. The number of nitrogens with one attached hydrogen (secondary N) is 1. The molecule has 0 heterocycles. The van der Waals surface area contributed by atoms with Crippen LogP contribution in [0.25, 0.3) is 0 Å². The molecule has 0 spiro atoms. The monoisotopic (exact) mass is 272 g/mol. The molecule has 18 heavy (non-hydrogen) atoms. The second kappa shape index (κ2) is 5.83. The molecule has 1 rings (SSSR count). The highest BCUT2D eigenvalue weighted by Crippen LogP contribution is 2.20. The fourth-order valence-corrected chi connectivity index (χ4v) is 2.00. The molecule has 0 saturated carbocycles. The molecule has 0 aliphatic heterocycles. The number of sulfonamides is 1. The van der Waals surface area contributed by atoms with Crippen molar-refractivity contribution in [1.82, 2.24) is 0 Å². The number of anilines is 1. The number of nitrogens with two attached hydrogens (primary N) is 1. The molecule has 0 radical (unpaired) electrons. The van der Waals surface area contributed by atoms with Gasteiger partial charge < -0.3 is 4.74 Å². The number of carbonyl (C=O) groups excluding carboxylic acids is 1. The van der Waals surface area contributed by atoms with Crippen LogP contribution in [0.1, 0.15) is 19.4 Å². The first kappa shape index (κ1) is 14.5. The number of primary sulfonamides is 1. The first-order valence-electron chi connectivity index (χ1n) is 5.48. The van der Waals surface area contributed by atoms with Gasteiger partial charge >= 0.3 is 6.09 Å². The third-order valence-corrected chi connectivity index (χ3v) is 3.21. The summed E-state index contributed by atoms with van der Waals surface area (Å²) in [4.78, 5) is 11.3. The molecule has 1 aromatic rings. The maximum atomic E-state index is 11.3. The summed E-state index contributed by atoms with van der Waals surface area (Å²) in [5, 5.41) is 7.58. The van der Waals surface area contributed by atoms with Gasteiger partial charge in [0, 0.05) is 5.69 Å². The Balaban J connectivity index is 3.05. The molecule has 0 aliphatic carbocycles. The largest absolute Gasteiger partial charge is 0.450 e. The summed E-state index contributed by atoms with van der Waals surface area (Å²) in [6.07, 6.45) is -0.0129. The summed E-state index contributed by atoms with van der Waals surface area (Å²) in [6.45, 7) is 3.81. The minimum Gasteiger partial charge on any atom is -0.450 e. The van der Waals surface area contributed by atoms with Crippen LogP contribution in [0.15, 0.2) is 23.1 Å². The Morgan fingerprint density at radius 2 is 2.06 bits per heavy atom. The quantitative estimate of drug-likeness (QED) is 0.866. The molecule has 0 aromatic heterocycles. The van der Waals surface area contributed by atoms with E-state index in [4.69, 9.17) is 9.88 Å². The number of hydrogen-bond acceptors (Lipinski definition) is 4. The van der Waals surface area contributed by atoms with Gasteiger partial charge in [-0.2, -0.15) is 0 Å². The molecule has 0 aliphatic rings. The van der Waals surface area contributed by atoms with Gasteiger partial charge in [0.15, 0.2) is 0 Å². The fraction of sp³-hybridized carbons (Fsp3) is 0.364. The van der Waals surface area contributed by atoms with Crippen molar-refractivity contribution in [1.29, 1.82) is 0 Å². The number of rotatable bonds is 4. The topological polar surface area (TPSA) is 98.5 Å². The van der Waals surface area contributed by atoms with Gasteiger partial charge in [-0.1, -0.05) is 6.92 Å². The van der Waals surface area contributed by atoms with Crippen molar-refractivity contribution in [3.63, 3.8) is 0 Å². The first-order valence-corrected chi connectivity index (χ1v) is 7.02. The molecule has 0 bridgehead atoms.